The van der Waals surface area contributed by atoms with E-state index in [1.807, 2.05) is 6.08 Å². The van der Waals surface area contributed by atoms with E-state index in [1.165, 1.54) is 116 Å². The van der Waals surface area contributed by atoms with Gasteiger partial charge in [0.15, 0.2) is 6.10 Å². The average Bonchev–Trinajstić information content (AvgIpc) is 3.23. The molecule has 0 radical (unpaired) electrons. The molecule has 0 aromatic heterocycles. The molecule has 0 aromatic rings. The molecule has 6 heteroatoms. The molecule has 340 valence electrons. The molecule has 0 fully saturated rings. The smallest absolute Gasteiger partial charge is 0.310 e. The summed E-state index contributed by atoms with van der Waals surface area (Å²) in [5.74, 6) is -1.05. The van der Waals surface area contributed by atoms with Gasteiger partial charge in [0.25, 0.3) is 0 Å². The first-order chi connectivity index (χ1) is 29.0. The molecule has 1 unspecified atom stereocenters. The van der Waals surface area contributed by atoms with E-state index in [-0.39, 0.29) is 31.6 Å². The van der Waals surface area contributed by atoms with Gasteiger partial charge in [0.1, 0.15) is 13.2 Å². The van der Waals surface area contributed by atoms with Crippen LogP contribution in [0.2, 0.25) is 0 Å². The SMILES string of the molecule is CC/C=C\C/C=C\C/C=C\C/C=C\C/C=C\CC(=O)OC(COC(=O)CCCCCCC)COC(=O)CCCCCCCCCCCCCCCCCCCCCCC. The van der Waals surface area contributed by atoms with E-state index in [0.717, 1.165) is 83.5 Å². The van der Waals surface area contributed by atoms with Crippen molar-refractivity contribution in [3.63, 3.8) is 0 Å². The second kappa shape index (κ2) is 47.8. The Hall–Kier alpha value is -2.89. The molecule has 0 rings (SSSR count). The van der Waals surface area contributed by atoms with Crippen LogP contribution in [0, 0.1) is 0 Å². The van der Waals surface area contributed by atoms with E-state index < -0.39 is 12.1 Å². The lowest BCUT2D eigenvalue weighted by Crippen LogP contribution is -2.30. The Bertz CT molecular complexity index is 1090. The Morgan fingerprint density at radius 1 is 0.356 bits per heavy atom. The number of allylic oxidation sites excluding steroid dienone is 9. The Balaban J connectivity index is 4.21. The minimum Gasteiger partial charge on any atom is -0.462 e. The van der Waals surface area contributed by atoms with E-state index in [2.05, 4.69) is 69.4 Å². The topological polar surface area (TPSA) is 78.9 Å². The van der Waals surface area contributed by atoms with Crippen molar-refractivity contribution in [3.05, 3.63) is 60.8 Å². The van der Waals surface area contributed by atoms with Gasteiger partial charge in [-0.1, -0.05) is 236 Å². The molecular formula is C53H92O6. The lowest BCUT2D eigenvalue weighted by Gasteiger charge is -2.18. The van der Waals surface area contributed by atoms with Gasteiger partial charge >= 0.3 is 17.9 Å². The van der Waals surface area contributed by atoms with Gasteiger partial charge in [-0.3, -0.25) is 14.4 Å². The van der Waals surface area contributed by atoms with Crippen molar-refractivity contribution in [2.45, 2.75) is 245 Å². The predicted molar refractivity (Wildman–Crippen MR) is 251 cm³/mol. The van der Waals surface area contributed by atoms with Crippen molar-refractivity contribution >= 4 is 17.9 Å². The fraction of sp³-hybridized carbons (Fsp3) is 0.755. The second-order valence-corrected chi connectivity index (χ2v) is 16.4. The molecule has 0 spiro atoms. The molecule has 59 heavy (non-hydrogen) atoms. The summed E-state index contributed by atoms with van der Waals surface area (Å²) in [6, 6.07) is 0. The van der Waals surface area contributed by atoms with Crippen LogP contribution in [-0.2, 0) is 28.6 Å². The molecule has 0 aliphatic heterocycles. The van der Waals surface area contributed by atoms with Gasteiger partial charge in [0.2, 0.25) is 0 Å². The van der Waals surface area contributed by atoms with Gasteiger partial charge in [-0.2, -0.15) is 0 Å². The van der Waals surface area contributed by atoms with Crippen LogP contribution in [0.25, 0.3) is 0 Å². The third kappa shape index (κ3) is 46.0. The van der Waals surface area contributed by atoms with Crippen LogP contribution in [0.3, 0.4) is 0 Å². The lowest BCUT2D eigenvalue weighted by atomic mass is 10.0. The third-order valence-corrected chi connectivity index (χ3v) is 10.6. The number of unbranched alkanes of at least 4 members (excludes halogenated alkanes) is 24. The molecule has 0 saturated carbocycles. The van der Waals surface area contributed by atoms with Crippen LogP contribution >= 0.6 is 0 Å². The Labute approximate surface area is 364 Å². The highest BCUT2D eigenvalue weighted by molar-refractivity contribution is 5.72. The summed E-state index contributed by atoms with van der Waals surface area (Å²) < 4.78 is 16.5. The Kier molecular flexibility index (Phi) is 45.4. The quantitative estimate of drug-likeness (QED) is 0.0263. The van der Waals surface area contributed by atoms with Crippen LogP contribution in [0.15, 0.2) is 60.8 Å². The first-order valence-corrected chi connectivity index (χ1v) is 24.8. The van der Waals surface area contributed by atoms with Crippen molar-refractivity contribution in [1.29, 1.82) is 0 Å². The van der Waals surface area contributed by atoms with Crippen LogP contribution in [0.4, 0.5) is 0 Å². The molecule has 6 nitrogen and oxygen atoms in total. The molecule has 0 amide bonds. The number of ether oxygens (including phenoxy) is 3. The zero-order valence-corrected chi connectivity index (χ0v) is 38.8. The highest BCUT2D eigenvalue weighted by Crippen LogP contribution is 2.16. The normalized spacial score (nSPS) is 12.5. The molecular weight excluding hydrogens is 733 g/mol. The van der Waals surface area contributed by atoms with Crippen LogP contribution in [-0.4, -0.2) is 37.2 Å². The zero-order valence-electron chi connectivity index (χ0n) is 38.8. The minimum atomic E-state index is -0.821. The van der Waals surface area contributed by atoms with Gasteiger partial charge in [-0.25, -0.2) is 0 Å². The molecule has 0 aromatic carbocycles. The largest absolute Gasteiger partial charge is 0.462 e. The molecule has 1 atom stereocenters. The zero-order chi connectivity index (χ0) is 43.0. The van der Waals surface area contributed by atoms with Crippen LogP contribution in [0.1, 0.15) is 239 Å². The Morgan fingerprint density at radius 3 is 0.966 bits per heavy atom. The number of carbonyl (C=O) groups excluding carboxylic acids is 3. The maximum Gasteiger partial charge on any atom is 0.310 e. The number of esters is 3. The molecule has 0 aliphatic carbocycles. The molecule has 0 saturated heterocycles. The van der Waals surface area contributed by atoms with Gasteiger partial charge in [-0.15, -0.1) is 0 Å². The van der Waals surface area contributed by atoms with Crippen molar-refractivity contribution in [1.82, 2.24) is 0 Å². The third-order valence-electron chi connectivity index (χ3n) is 10.6. The Morgan fingerprint density at radius 2 is 0.644 bits per heavy atom. The number of hydrogen-bond acceptors (Lipinski definition) is 6. The lowest BCUT2D eigenvalue weighted by molar-refractivity contribution is -0.166. The van der Waals surface area contributed by atoms with Crippen molar-refractivity contribution < 1.29 is 28.6 Å². The van der Waals surface area contributed by atoms with Gasteiger partial charge < -0.3 is 14.2 Å². The van der Waals surface area contributed by atoms with E-state index in [4.69, 9.17) is 14.2 Å². The standard InChI is InChI=1S/C53H92O6/c1-4-7-10-13-15-17-19-21-23-24-25-26-27-28-30-31-33-35-37-40-43-46-52(55)58-49-50(48-57-51(54)45-42-39-12-9-6-3)59-53(56)47-44-41-38-36-34-32-29-22-20-18-16-14-11-8-5-2/h8,11,16,18,22,29,34,36,41,44,50H,4-7,9-10,12-15,17,19-21,23-28,30-33,35,37-40,42-43,45-49H2,1-3H3/b11-8-,18-16-,29-22-,36-34-,44-41-. The molecule has 0 heterocycles. The molecule has 0 N–H and O–H groups in total. The van der Waals surface area contributed by atoms with Gasteiger partial charge in [-0.05, 0) is 44.9 Å². The summed E-state index contributed by atoms with van der Waals surface area (Å²) in [5, 5.41) is 0. The van der Waals surface area contributed by atoms with Gasteiger partial charge in [0.05, 0.1) is 6.42 Å². The summed E-state index contributed by atoms with van der Waals surface area (Å²) in [5.41, 5.74) is 0. The first-order valence-electron chi connectivity index (χ1n) is 24.8. The van der Waals surface area contributed by atoms with Gasteiger partial charge in [0, 0.05) is 12.8 Å². The minimum absolute atomic E-state index is 0.1000. The number of hydrogen-bond donors (Lipinski definition) is 0. The summed E-state index contributed by atoms with van der Waals surface area (Å²) in [6.07, 6.45) is 58.5. The van der Waals surface area contributed by atoms with E-state index in [9.17, 15) is 14.4 Å². The maximum absolute atomic E-state index is 12.6. The number of carbonyl (C=O) groups is 3. The van der Waals surface area contributed by atoms with E-state index in [0.29, 0.717) is 12.8 Å². The summed E-state index contributed by atoms with van der Waals surface area (Å²) in [6.45, 7) is 6.36. The van der Waals surface area contributed by atoms with Crippen molar-refractivity contribution in [2.24, 2.45) is 0 Å². The van der Waals surface area contributed by atoms with Crippen molar-refractivity contribution in [3.8, 4) is 0 Å². The van der Waals surface area contributed by atoms with E-state index >= 15 is 0 Å². The van der Waals surface area contributed by atoms with Crippen molar-refractivity contribution in [2.75, 3.05) is 13.2 Å². The monoisotopic (exact) mass is 825 g/mol. The first kappa shape index (κ1) is 56.1. The highest BCUT2D eigenvalue weighted by atomic mass is 16.6. The van der Waals surface area contributed by atoms with Crippen LogP contribution < -0.4 is 0 Å². The van der Waals surface area contributed by atoms with Crippen LogP contribution in [0.5, 0.6) is 0 Å². The second-order valence-electron chi connectivity index (χ2n) is 16.4. The number of rotatable bonds is 44. The molecule has 0 bridgehead atoms. The summed E-state index contributed by atoms with van der Waals surface area (Å²) >= 11 is 0. The average molecular weight is 825 g/mol. The fourth-order valence-electron chi connectivity index (χ4n) is 6.87. The summed E-state index contributed by atoms with van der Waals surface area (Å²) in [7, 11) is 0. The molecule has 0 aliphatic rings. The maximum atomic E-state index is 12.6. The highest BCUT2D eigenvalue weighted by Gasteiger charge is 2.19. The predicted octanol–water partition coefficient (Wildman–Crippen LogP) is 16.1. The van der Waals surface area contributed by atoms with E-state index in [1.54, 1.807) is 6.08 Å². The summed E-state index contributed by atoms with van der Waals surface area (Å²) in [4.78, 5) is 37.5. The fourth-order valence-corrected chi connectivity index (χ4v) is 6.87.